The van der Waals surface area contributed by atoms with Crippen LogP contribution in [0.4, 0.5) is 5.69 Å². The maximum Gasteiger partial charge on any atom is 0.244 e. The van der Waals surface area contributed by atoms with Crippen LogP contribution in [-0.4, -0.2) is 50.5 Å². The summed E-state index contributed by atoms with van der Waals surface area (Å²) in [5.74, 6) is -0.866. The highest BCUT2D eigenvalue weighted by Gasteiger charge is 2.33. The van der Waals surface area contributed by atoms with Gasteiger partial charge in [0.25, 0.3) is 0 Å². The molecular formula is C28H31Cl2N3O4S. The fourth-order valence-corrected chi connectivity index (χ4v) is 5.28. The summed E-state index contributed by atoms with van der Waals surface area (Å²) in [5, 5.41) is 3.08. The van der Waals surface area contributed by atoms with Crippen LogP contribution in [0.5, 0.6) is 0 Å². The maximum atomic E-state index is 13.9. The van der Waals surface area contributed by atoms with Crippen LogP contribution in [0.2, 0.25) is 10.0 Å². The second kappa shape index (κ2) is 13.6. The third kappa shape index (κ3) is 7.96. The van der Waals surface area contributed by atoms with Crippen LogP contribution in [0.3, 0.4) is 0 Å². The molecule has 0 aliphatic heterocycles. The molecule has 3 rings (SSSR count). The normalized spacial score (nSPS) is 12.0. The van der Waals surface area contributed by atoms with E-state index in [0.717, 1.165) is 28.1 Å². The van der Waals surface area contributed by atoms with E-state index in [4.69, 9.17) is 23.2 Å². The van der Waals surface area contributed by atoms with Crippen molar-refractivity contribution >= 4 is 50.7 Å². The summed E-state index contributed by atoms with van der Waals surface area (Å²) in [6.07, 6.45) is 1.98. The van der Waals surface area contributed by atoms with E-state index in [9.17, 15) is 18.0 Å². The number of anilines is 1. The minimum atomic E-state index is -3.94. The number of hydrogen-bond acceptors (Lipinski definition) is 4. The monoisotopic (exact) mass is 575 g/mol. The molecule has 0 aliphatic carbocycles. The van der Waals surface area contributed by atoms with Crippen LogP contribution >= 0.6 is 23.2 Å². The molecule has 0 heterocycles. The number of halogens is 2. The third-order valence-electron chi connectivity index (χ3n) is 5.90. The summed E-state index contributed by atoms with van der Waals surface area (Å²) < 4.78 is 26.6. The van der Waals surface area contributed by atoms with Crippen LogP contribution in [0.15, 0.2) is 78.9 Å². The third-order valence-corrected chi connectivity index (χ3v) is 7.83. The van der Waals surface area contributed by atoms with Gasteiger partial charge in [-0.1, -0.05) is 96.9 Å². The second-order valence-electron chi connectivity index (χ2n) is 8.85. The summed E-state index contributed by atoms with van der Waals surface area (Å²) in [4.78, 5) is 28.8. The Labute approximate surface area is 234 Å². The number of carbonyl (C=O) groups excluding carboxylic acids is 2. The molecule has 38 heavy (non-hydrogen) atoms. The SMILES string of the molecule is CCCNC(=O)[C@@H](Cc1ccccc1)N(Cc1ccccc1)C(=O)CN(c1cccc(Cl)c1Cl)S(C)(=O)=O. The van der Waals surface area contributed by atoms with Gasteiger partial charge in [0.15, 0.2) is 0 Å². The van der Waals surface area contributed by atoms with Crippen molar-refractivity contribution in [2.75, 3.05) is 23.7 Å². The van der Waals surface area contributed by atoms with Crippen LogP contribution in [0.1, 0.15) is 24.5 Å². The van der Waals surface area contributed by atoms with E-state index in [1.807, 2.05) is 67.6 Å². The molecule has 0 aliphatic rings. The molecule has 0 saturated carbocycles. The zero-order chi connectivity index (χ0) is 27.7. The van der Waals surface area contributed by atoms with Crippen molar-refractivity contribution in [3.8, 4) is 0 Å². The molecular weight excluding hydrogens is 545 g/mol. The van der Waals surface area contributed by atoms with Gasteiger partial charge >= 0.3 is 0 Å². The first-order valence-corrected chi connectivity index (χ1v) is 14.8. The van der Waals surface area contributed by atoms with E-state index in [1.165, 1.54) is 17.0 Å². The Kier molecular flexibility index (Phi) is 10.6. The minimum Gasteiger partial charge on any atom is -0.354 e. The van der Waals surface area contributed by atoms with E-state index in [1.54, 1.807) is 6.07 Å². The molecule has 7 nitrogen and oxygen atoms in total. The molecule has 0 spiro atoms. The zero-order valence-electron chi connectivity index (χ0n) is 21.3. The van der Waals surface area contributed by atoms with E-state index >= 15 is 0 Å². The highest BCUT2D eigenvalue weighted by atomic mass is 35.5. The molecule has 0 radical (unpaired) electrons. The zero-order valence-corrected chi connectivity index (χ0v) is 23.6. The predicted octanol–water partition coefficient (Wildman–Crippen LogP) is 4.93. The lowest BCUT2D eigenvalue weighted by Crippen LogP contribution is -2.53. The van der Waals surface area contributed by atoms with Crippen molar-refractivity contribution in [2.45, 2.75) is 32.4 Å². The quantitative estimate of drug-likeness (QED) is 0.332. The number of amides is 2. The van der Waals surface area contributed by atoms with Crippen LogP contribution < -0.4 is 9.62 Å². The predicted molar refractivity (Wildman–Crippen MR) is 153 cm³/mol. The highest BCUT2D eigenvalue weighted by molar-refractivity contribution is 7.92. The highest BCUT2D eigenvalue weighted by Crippen LogP contribution is 2.33. The van der Waals surface area contributed by atoms with Crippen molar-refractivity contribution < 1.29 is 18.0 Å². The van der Waals surface area contributed by atoms with Crippen molar-refractivity contribution in [1.82, 2.24) is 10.2 Å². The van der Waals surface area contributed by atoms with Gasteiger partial charge in [0.1, 0.15) is 12.6 Å². The number of nitrogens with zero attached hydrogens (tertiary/aromatic N) is 2. The van der Waals surface area contributed by atoms with Gasteiger partial charge in [0.05, 0.1) is 22.0 Å². The lowest BCUT2D eigenvalue weighted by Gasteiger charge is -2.33. The Hall–Kier alpha value is -3.07. The molecule has 0 aromatic heterocycles. The molecule has 3 aromatic rings. The van der Waals surface area contributed by atoms with Crippen molar-refractivity contribution in [2.24, 2.45) is 0 Å². The van der Waals surface area contributed by atoms with Gasteiger partial charge in [-0.3, -0.25) is 13.9 Å². The van der Waals surface area contributed by atoms with Crippen LogP contribution in [-0.2, 0) is 32.6 Å². The lowest BCUT2D eigenvalue weighted by molar-refractivity contribution is -0.140. The van der Waals surface area contributed by atoms with E-state index in [0.29, 0.717) is 6.54 Å². The first-order chi connectivity index (χ1) is 18.1. The van der Waals surface area contributed by atoms with E-state index in [2.05, 4.69) is 5.32 Å². The lowest BCUT2D eigenvalue weighted by atomic mass is 10.0. The Bertz CT molecular complexity index is 1340. The van der Waals surface area contributed by atoms with Gasteiger partial charge in [-0.2, -0.15) is 0 Å². The molecule has 1 N–H and O–H groups in total. The molecule has 2 amide bonds. The van der Waals surface area contributed by atoms with Gasteiger partial charge in [-0.15, -0.1) is 0 Å². The summed E-state index contributed by atoms with van der Waals surface area (Å²) in [5.41, 5.74) is 1.76. The number of nitrogens with one attached hydrogen (secondary N) is 1. The minimum absolute atomic E-state index is 0.0172. The molecule has 0 unspecified atom stereocenters. The average molecular weight is 577 g/mol. The topological polar surface area (TPSA) is 86.8 Å². The fraction of sp³-hybridized carbons (Fsp3) is 0.286. The smallest absolute Gasteiger partial charge is 0.244 e. The fourth-order valence-electron chi connectivity index (χ4n) is 3.98. The molecule has 3 aromatic carbocycles. The van der Waals surface area contributed by atoms with Gasteiger partial charge < -0.3 is 10.2 Å². The second-order valence-corrected chi connectivity index (χ2v) is 11.5. The molecule has 202 valence electrons. The van der Waals surface area contributed by atoms with Gasteiger partial charge in [-0.05, 0) is 29.7 Å². The average Bonchev–Trinajstić information content (AvgIpc) is 2.90. The van der Waals surface area contributed by atoms with Gasteiger partial charge in [-0.25, -0.2) is 8.42 Å². The van der Waals surface area contributed by atoms with Crippen LogP contribution in [0, 0.1) is 0 Å². The number of carbonyl (C=O) groups is 2. The van der Waals surface area contributed by atoms with Crippen molar-refractivity contribution in [3.63, 3.8) is 0 Å². The number of hydrogen-bond donors (Lipinski definition) is 1. The molecule has 10 heteroatoms. The number of rotatable bonds is 12. The van der Waals surface area contributed by atoms with E-state index in [-0.39, 0.29) is 34.6 Å². The Morgan fingerprint density at radius 2 is 1.50 bits per heavy atom. The first-order valence-electron chi connectivity index (χ1n) is 12.2. The number of benzene rings is 3. The summed E-state index contributed by atoms with van der Waals surface area (Å²) in [7, 11) is -3.94. The maximum absolute atomic E-state index is 13.9. The van der Waals surface area contributed by atoms with Crippen molar-refractivity contribution in [3.05, 3.63) is 100 Å². The summed E-state index contributed by atoms with van der Waals surface area (Å²) >= 11 is 12.5. The summed E-state index contributed by atoms with van der Waals surface area (Å²) in [6.45, 7) is 1.94. The molecule has 1 atom stereocenters. The number of sulfonamides is 1. The van der Waals surface area contributed by atoms with Crippen molar-refractivity contribution in [1.29, 1.82) is 0 Å². The van der Waals surface area contributed by atoms with Crippen LogP contribution in [0.25, 0.3) is 0 Å². The summed E-state index contributed by atoms with van der Waals surface area (Å²) in [6, 6.07) is 22.3. The molecule has 0 fully saturated rings. The largest absolute Gasteiger partial charge is 0.354 e. The Morgan fingerprint density at radius 3 is 2.08 bits per heavy atom. The van der Waals surface area contributed by atoms with E-state index < -0.39 is 28.5 Å². The first kappa shape index (κ1) is 29.5. The molecule has 0 bridgehead atoms. The molecule has 0 saturated heterocycles. The van der Waals surface area contributed by atoms with Gasteiger partial charge in [0, 0.05) is 19.5 Å². The Morgan fingerprint density at radius 1 is 0.895 bits per heavy atom. The Balaban J connectivity index is 2.05. The standard InChI is InChI=1S/C28H31Cl2N3O4S/c1-3-17-31-28(35)25(18-21-11-6-4-7-12-21)32(19-22-13-8-5-9-14-22)26(34)20-33(38(2,36)37)24-16-10-15-23(29)27(24)30/h4-16,25H,3,17-20H2,1-2H3,(H,31,35)/t25-/m1/s1. The van der Waals surface area contributed by atoms with Gasteiger partial charge in [0.2, 0.25) is 21.8 Å².